The van der Waals surface area contributed by atoms with Crippen LogP contribution >= 0.6 is 27.3 Å². The molecule has 2 aromatic rings. The standard InChI is InChI=1S/C15H17BrO2S/c1-2-7-18-13-5-3-11(4-6-13)15(17)9-14-8-12(16)10-19-14/h3-6,8,10,15,17H,2,7,9H2,1H3. The summed E-state index contributed by atoms with van der Waals surface area (Å²) in [5.74, 6) is 0.858. The number of rotatable bonds is 6. The van der Waals surface area contributed by atoms with E-state index in [1.807, 2.05) is 35.7 Å². The summed E-state index contributed by atoms with van der Waals surface area (Å²) in [6.07, 6.45) is 1.18. The molecule has 0 amide bonds. The third-order valence-corrected chi connectivity index (χ3v) is 4.47. The predicted molar refractivity (Wildman–Crippen MR) is 82.9 cm³/mol. The largest absolute Gasteiger partial charge is 0.494 e. The van der Waals surface area contributed by atoms with Crippen molar-refractivity contribution in [3.63, 3.8) is 0 Å². The molecule has 1 heterocycles. The predicted octanol–water partition coefficient (Wildman–Crippen LogP) is 4.58. The van der Waals surface area contributed by atoms with Gasteiger partial charge >= 0.3 is 0 Å². The van der Waals surface area contributed by atoms with Crippen LogP contribution in [0, 0.1) is 0 Å². The minimum absolute atomic E-state index is 0.467. The molecule has 0 saturated carbocycles. The number of benzene rings is 1. The Kier molecular flexibility index (Phi) is 5.43. The molecule has 1 N–H and O–H groups in total. The van der Waals surface area contributed by atoms with Gasteiger partial charge in [-0.05, 0) is 46.1 Å². The van der Waals surface area contributed by atoms with Crippen molar-refractivity contribution in [2.75, 3.05) is 6.61 Å². The zero-order valence-electron chi connectivity index (χ0n) is 10.8. The van der Waals surface area contributed by atoms with Gasteiger partial charge in [0.05, 0.1) is 12.7 Å². The lowest BCUT2D eigenvalue weighted by molar-refractivity contribution is 0.179. The highest BCUT2D eigenvalue weighted by Gasteiger charge is 2.10. The van der Waals surface area contributed by atoms with E-state index >= 15 is 0 Å². The normalized spacial score (nSPS) is 12.4. The smallest absolute Gasteiger partial charge is 0.119 e. The molecule has 0 aliphatic carbocycles. The highest BCUT2D eigenvalue weighted by molar-refractivity contribution is 9.10. The Morgan fingerprint density at radius 1 is 1.32 bits per heavy atom. The molecule has 102 valence electrons. The van der Waals surface area contributed by atoms with E-state index in [-0.39, 0.29) is 0 Å². The molecule has 0 aliphatic rings. The summed E-state index contributed by atoms with van der Waals surface area (Å²) in [5.41, 5.74) is 0.924. The maximum atomic E-state index is 10.2. The summed E-state index contributed by atoms with van der Waals surface area (Å²) in [6.45, 7) is 2.81. The van der Waals surface area contributed by atoms with Crippen molar-refractivity contribution in [2.24, 2.45) is 0 Å². The summed E-state index contributed by atoms with van der Waals surface area (Å²) in [6, 6.07) is 9.74. The number of hydrogen-bond donors (Lipinski definition) is 1. The summed E-state index contributed by atoms with van der Waals surface area (Å²) in [4.78, 5) is 1.17. The molecule has 0 fully saturated rings. The van der Waals surface area contributed by atoms with Gasteiger partial charge in [-0.15, -0.1) is 11.3 Å². The van der Waals surface area contributed by atoms with Crippen LogP contribution < -0.4 is 4.74 Å². The van der Waals surface area contributed by atoms with Crippen LogP contribution in [0.3, 0.4) is 0 Å². The molecule has 1 unspecified atom stereocenters. The fourth-order valence-corrected chi connectivity index (χ4v) is 3.26. The van der Waals surface area contributed by atoms with Gasteiger partial charge in [-0.1, -0.05) is 19.1 Å². The SMILES string of the molecule is CCCOc1ccc(C(O)Cc2cc(Br)cs2)cc1. The van der Waals surface area contributed by atoms with Gasteiger partial charge in [0.2, 0.25) is 0 Å². The van der Waals surface area contributed by atoms with Crippen LogP contribution in [0.4, 0.5) is 0 Å². The molecule has 0 aliphatic heterocycles. The zero-order valence-corrected chi connectivity index (χ0v) is 13.2. The van der Waals surface area contributed by atoms with Crippen molar-refractivity contribution < 1.29 is 9.84 Å². The molecule has 0 saturated heterocycles. The van der Waals surface area contributed by atoms with E-state index in [9.17, 15) is 5.11 Å². The Balaban J connectivity index is 1.97. The van der Waals surface area contributed by atoms with Crippen molar-refractivity contribution in [3.05, 3.63) is 50.6 Å². The van der Waals surface area contributed by atoms with Gasteiger partial charge in [0.25, 0.3) is 0 Å². The van der Waals surface area contributed by atoms with Crippen LogP contribution in [-0.4, -0.2) is 11.7 Å². The fraction of sp³-hybridized carbons (Fsp3) is 0.333. The lowest BCUT2D eigenvalue weighted by atomic mass is 10.1. The van der Waals surface area contributed by atoms with Crippen LogP contribution in [0.1, 0.15) is 29.9 Å². The fourth-order valence-electron chi connectivity index (χ4n) is 1.78. The van der Waals surface area contributed by atoms with Gasteiger partial charge in [-0.2, -0.15) is 0 Å². The third kappa shape index (κ3) is 4.34. The third-order valence-electron chi connectivity index (χ3n) is 2.75. The van der Waals surface area contributed by atoms with Gasteiger partial charge < -0.3 is 9.84 Å². The first kappa shape index (κ1) is 14.6. The van der Waals surface area contributed by atoms with Crippen molar-refractivity contribution in [2.45, 2.75) is 25.9 Å². The number of aliphatic hydroxyl groups is 1. The number of halogens is 1. The van der Waals surface area contributed by atoms with E-state index in [4.69, 9.17) is 4.74 Å². The average molecular weight is 341 g/mol. The van der Waals surface area contributed by atoms with E-state index < -0.39 is 6.10 Å². The minimum atomic E-state index is -0.467. The summed E-state index contributed by atoms with van der Waals surface area (Å²) in [7, 11) is 0. The van der Waals surface area contributed by atoms with Gasteiger partial charge in [-0.25, -0.2) is 0 Å². The van der Waals surface area contributed by atoms with E-state index in [1.165, 1.54) is 4.88 Å². The highest BCUT2D eigenvalue weighted by atomic mass is 79.9. The van der Waals surface area contributed by atoms with Crippen molar-refractivity contribution >= 4 is 27.3 Å². The quantitative estimate of drug-likeness (QED) is 0.834. The number of aliphatic hydroxyl groups excluding tert-OH is 1. The summed E-state index contributed by atoms with van der Waals surface area (Å²) >= 11 is 5.08. The molecular formula is C15H17BrO2S. The Hall–Kier alpha value is -0.840. The van der Waals surface area contributed by atoms with E-state index in [2.05, 4.69) is 22.9 Å². The van der Waals surface area contributed by atoms with E-state index in [0.717, 1.165) is 28.8 Å². The maximum absolute atomic E-state index is 10.2. The van der Waals surface area contributed by atoms with Crippen LogP contribution in [-0.2, 0) is 6.42 Å². The molecule has 0 radical (unpaired) electrons. The number of thiophene rings is 1. The minimum Gasteiger partial charge on any atom is -0.494 e. The van der Waals surface area contributed by atoms with E-state index in [0.29, 0.717) is 6.42 Å². The van der Waals surface area contributed by atoms with E-state index in [1.54, 1.807) is 11.3 Å². The zero-order chi connectivity index (χ0) is 13.7. The van der Waals surface area contributed by atoms with Gasteiger partial charge in [-0.3, -0.25) is 0 Å². The molecule has 4 heteroatoms. The molecular weight excluding hydrogens is 324 g/mol. The number of hydrogen-bond acceptors (Lipinski definition) is 3. The first-order valence-corrected chi connectivity index (χ1v) is 8.00. The second-order valence-electron chi connectivity index (χ2n) is 4.37. The average Bonchev–Trinajstić information content (AvgIpc) is 2.82. The van der Waals surface area contributed by atoms with Gasteiger partial charge in [0.15, 0.2) is 0 Å². The van der Waals surface area contributed by atoms with Crippen LogP contribution in [0.15, 0.2) is 40.2 Å². The molecule has 1 atom stereocenters. The molecule has 2 nitrogen and oxygen atoms in total. The molecule has 19 heavy (non-hydrogen) atoms. The van der Waals surface area contributed by atoms with Gasteiger partial charge in [0.1, 0.15) is 5.75 Å². The monoisotopic (exact) mass is 340 g/mol. The summed E-state index contributed by atoms with van der Waals surface area (Å²) < 4.78 is 6.60. The molecule has 0 bridgehead atoms. The Morgan fingerprint density at radius 3 is 2.63 bits per heavy atom. The van der Waals surface area contributed by atoms with Crippen LogP contribution in [0.2, 0.25) is 0 Å². The topological polar surface area (TPSA) is 29.5 Å². The molecule has 1 aromatic heterocycles. The lowest BCUT2D eigenvalue weighted by Crippen LogP contribution is -2.01. The highest BCUT2D eigenvalue weighted by Crippen LogP contribution is 2.26. The molecule has 2 rings (SSSR count). The molecule has 1 aromatic carbocycles. The second-order valence-corrected chi connectivity index (χ2v) is 6.28. The molecule has 0 spiro atoms. The maximum Gasteiger partial charge on any atom is 0.119 e. The van der Waals surface area contributed by atoms with Crippen molar-refractivity contribution in [3.8, 4) is 5.75 Å². The van der Waals surface area contributed by atoms with Crippen LogP contribution in [0.5, 0.6) is 5.75 Å². The first-order chi connectivity index (χ1) is 9.19. The number of ether oxygens (including phenoxy) is 1. The van der Waals surface area contributed by atoms with Gasteiger partial charge in [0, 0.05) is 21.2 Å². The van der Waals surface area contributed by atoms with Crippen molar-refractivity contribution in [1.29, 1.82) is 0 Å². The lowest BCUT2D eigenvalue weighted by Gasteiger charge is -2.11. The summed E-state index contributed by atoms with van der Waals surface area (Å²) in [5, 5.41) is 12.2. The Labute approximate surface area is 126 Å². The van der Waals surface area contributed by atoms with Crippen LogP contribution in [0.25, 0.3) is 0 Å². The Morgan fingerprint density at radius 2 is 2.05 bits per heavy atom. The Bertz CT molecular complexity index is 507. The first-order valence-electron chi connectivity index (χ1n) is 6.32. The second kappa shape index (κ2) is 7.08. The van der Waals surface area contributed by atoms with Crippen molar-refractivity contribution in [1.82, 2.24) is 0 Å².